The number of hydrogen-bond acceptors (Lipinski definition) is 2. The van der Waals surface area contributed by atoms with Crippen LogP contribution in [0.25, 0.3) is 16.5 Å². The number of benzene rings is 2. The average Bonchev–Trinajstić information content (AvgIpc) is 3.05. The maximum atomic E-state index is 11.9. The molecule has 1 saturated heterocycles. The Hall–Kier alpha value is -2.46. The summed E-state index contributed by atoms with van der Waals surface area (Å²) in [5, 5.41) is 6.51. The largest absolute Gasteiger partial charge is 0.332 e. The van der Waals surface area contributed by atoms with Crippen molar-refractivity contribution in [2.45, 2.75) is 32.2 Å². The molecule has 0 bridgehead atoms. The topological polar surface area (TPSA) is 39.3 Å². The Morgan fingerprint density at radius 1 is 1.16 bits per heavy atom. The van der Waals surface area contributed by atoms with E-state index in [4.69, 9.17) is 0 Å². The van der Waals surface area contributed by atoms with Gasteiger partial charge in [0.25, 0.3) is 5.56 Å². The molecule has 2 heterocycles. The van der Waals surface area contributed by atoms with Crippen LogP contribution in [0.15, 0.2) is 59.5 Å². The predicted octanol–water partition coefficient (Wildman–Crippen LogP) is 2.00. The van der Waals surface area contributed by atoms with Crippen LogP contribution in [0.4, 0.5) is 0 Å². The summed E-state index contributed by atoms with van der Waals surface area (Å²) in [6.07, 6.45) is 5.49. The van der Waals surface area contributed by atoms with Gasteiger partial charge in [-0.15, -0.1) is 0 Å². The Balaban J connectivity index is 1.56. The summed E-state index contributed by atoms with van der Waals surface area (Å²) in [4.78, 5) is 13.7. The molecule has 1 aliphatic heterocycles. The van der Waals surface area contributed by atoms with Crippen molar-refractivity contribution >= 4 is 10.8 Å². The van der Waals surface area contributed by atoms with Gasteiger partial charge in [0.2, 0.25) is 0 Å². The van der Waals surface area contributed by atoms with Crippen LogP contribution in [-0.2, 0) is 6.42 Å². The normalized spacial score (nSPS) is 20.2. The number of aromatic nitrogens is 2. The highest BCUT2D eigenvalue weighted by atomic mass is 16.1. The number of likely N-dealkylation sites (tertiary alicyclic amines) is 1. The molecule has 1 N–H and O–H groups in total. The first-order valence-electron chi connectivity index (χ1n) is 9.13. The molecule has 1 aromatic heterocycles. The fourth-order valence-corrected chi connectivity index (χ4v) is 3.88. The maximum Gasteiger partial charge on any atom is 0.271 e. The summed E-state index contributed by atoms with van der Waals surface area (Å²) in [6, 6.07) is 16.7. The number of rotatable bonds is 4. The molecule has 128 valence electrons. The lowest BCUT2D eigenvalue weighted by atomic mass is 10.0. The first-order chi connectivity index (χ1) is 12.2. The first-order valence-corrected chi connectivity index (χ1v) is 9.13. The third-order valence-corrected chi connectivity index (χ3v) is 5.42. The summed E-state index contributed by atoms with van der Waals surface area (Å²) in [7, 11) is 0. The fourth-order valence-electron chi connectivity index (χ4n) is 3.88. The van der Waals surface area contributed by atoms with Gasteiger partial charge in [-0.05, 0) is 41.5 Å². The SMILES string of the molecule is C[C@@H]1CCC[NH+]1CCc1ccc2cc(-n3ncccc3=O)ccc2c1. The van der Waals surface area contributed by atoms with Crippen LogP contribution >= 0.6 is 0 Å². The molecular weight excluding hydrogens is 310 g/mol. The van der Waals surface area contributed by atoms with E-state index in [0.29, 0.717) is 0 Å². The zero-order valence-electron chi connectivity index (χ0n) is 14.6. The van der Waals surface area contributed by atoms with Crippen LogP contribution < -0.4 is 10.5 Å². The predicted molar refractivity (Wildman–Crippen MR) is 100 cm³/mol. The number of quaternary nitrogens is 1. The zero-order valence-corrected chi connectivity index (χ0v) is 14.6. The maximum absolute atomic E-state index is 11.9. The second-order valence-corrected chi connectivity index (χ2v) is 7.09. The van der Waals surface area contributed by atoms with Gasteiger partial charge in [0, 0.05) is 31.5 Å². The van der Waals surface area contributed by atoms with Gasteiger partial charge in [-0.2, -0.15) is 9.78 Å². The van der Waals surface area contributed by atoms with Gasteiger partial charge >= 0.3 is 0 Å². The van der Waals surface area contributed by atoms with Gasteiger partial charge in [0.05, 0.1) is 24.8 Å². The van der Waals surface area contributed by atoms with E-state index in [1.807, 2.05) is 12.1 Å². The Morgan fingerprint density at radius 3 is 2.80 bits per heavy atom. The minimum Gasteiger partial charge on any atom is -0.332 e. The van der Waals surface area contributed by atoms with E-state index in [1.54, 1.807) is 17.2 Å². The van der Waals surface area contributed by atoms with Crippen LogP contribution in [0.2, 0.25) is 0 Å². The second-order valence-electron chi connectivity index (χ2n) is 7.09. The van der Waals surface area contributed by atoms with Gasteiger partial charge in [0.1, 0.15) is 0 Å². The smallest absolute Gasteiger partial charge is 0.271 e. The standard InChI is InChI=1S/C21H23N3O/c1-16-4-3-12-23(16)13-10-17-6-7-19-15-20(9-8-18(19)14-17)24-21(25)5-2-11-22-24/h2,5-9,11,14-16H,3-4,10,12-13H2,1H3/p+1/t16-/m1/s1. The van der Waals surface area contributed by atoms with Crippen molar-refractivity contribution in [1.82, 2.24) is 9.78 Å². The third-order valence-electron chi connectivity index (χ3n) is 5.42. The van der Waals surface area contributed by atoms with Crippen molar-refractivity contribution in [3.63, 3.8) is 0 Å². The summed E-state index contributed by atoms with van der Waals surface area (Å²) in [5.74, 6) is 0. The van der Waals surface area contributed by atoms with E-state index >= 15 is 0 Å². The van der Waals surface area contributed by atoms with Crippen LogP contribution in [0, 0.1) is 0 Å². The van der Waals surface area contributed by atoms with Crippen LogP contribution in [-0.4, -0.2) is 28.9 Å². The molecule has 2 atom stereocenters. The lowest BCUT2D eigenvalue weighted by Gasteiger charge is -2.18. The highest BCUT2D eigenvalue weighted by molar-refractivity contribution is 5.85. The number of fused-ring (bicyclic) bond motifs is 1. The van der Waals surface area contributed by atoms with E-state index in [1.165, 1.54) is 47.6 Å². The highest BCUT2D eigenvalue weighted by Gasteiger charge is 2.23. The highest BCUT2D eigenvalue weighted by Crippen LogP contribution is 2.19. The van der Waals surface area contributed by atoms with E-state index < -0.39 is 0 Å². The Morgan fingerprint density at radius 2 is 2.00 bits per heavy atom. The van der Waals surface area contributed by atoms with Gasteiger partial charge in [0.15, 0.2) is 0 Å². The second kappa shape index (κ2) is 6.81. The van der Waals surface area contributed by atoms with Crippen molar-refractivity contribution in [3.05, 3.63) is 70.6 Å². The van der Waals surface area contributed by atoms with Crippen LogP contribution in [0.3, 0.4) is 0 Å². The Kier molecular flexibility index (Phi) is 4.36. The summed E-state index contributed by atoms with van der Waals surface area (Å²) >= 11 is 0. The lowest BCUT2D eigenvalue weighted by Crippen LogP contribution is -3.13. The first kappa shape index (κ1) is 16.0. The molecule has 1 fully saturated rings. The van der Waals surface area contributed by atoms with E-state index in [-0.39, 0.29) is 5.56 Å². The van der Waals surface area contributed by atoms with Crippen LogP contribution in [0.5, 0.6) is 0 Å². The fraction of sp³-hybridized carbons (Fsp3) is 0.333. The average molecular weight is 334 g/mol. The van der Waals surface area contributed by atoms with E-state index in [0.717, 1.165) is 23.5 Å². The molecule has 4 heteroatoms. The minimum atomic E-state index is -0.110. The van der Waals surface area contributed by atoms with E-state index in [9.17, 15) is 4.79 Å². The monoisotopic (exact) mass is 334 g/mol. The van der Waals surface area contributed by atoms with Crippen molar-refractivity contribution < 1.29 is 4.90 Å². The molecule has 2 aromatic carbocycles. The molecule has 1 unspecified atom stereocenters. The van der Waals surface area contributed by atoms with Crippen LogP contribution in [0.1, 0.15) is 25.3 Å². The molecule has 1 aliphatic rings. The summed E-state index contributed by atoms with van der Waals surface area (Å²) in [6.45, 7) is 4.90. The molecule has 3 aromatic rings. The van der Waals surface area contributed by atoms with Crippen molar-refractivity contribution in [1.29, 1.82) is 0 Å². The summed E-state index contributed by atoms with van der Waals surface area (Å²) in [5.41, 5.74) is 2.09. The van der Waals surface area contributed by atoms with Gasteiger partial charge < -0.3 is 4.90 Å². The molecular formula is C21H24N3O+. The van der Waals surface area contributed by atoms with Crippen molar-refractivity contribution in [2.75, 3.05) is 13.1 Å². The van der Waals surface area contributed by atoms with Crippen molar-refractivity contribution in [2.24, 2.45) is 0 Å². The molecule has 0 amide bonds. The molecule has 4 nitrogen and oxygen atoms in total. The number of nitrogens with zero attached hydrogens (tertiary/aromatic N) is 2. The third kappa shape index (κ3) is 3.35. The Bertz CT molecular complexity index is 947. The quantitative estimate of drug-likeness (QED) is 0.793. The molecule has 0 saturated carbocycles. The molecule has 25 heavy (non-hydrogen) atoms. The molecule has 0 spiro atoms. The number of hydrogen-bond donors (Lipinski definition) is 1. The molecule has 0 aliphatic carbocycles. The van der Waals surface area contributed by atoms with Gasteiger partial charge in [-0.3, -0.25) is 4.79 Å². The minimum absolute atomic E-state index is 0.110. The molecule has 0 radical (unpaired) electrons. The molecule has 4 rings (SSSR count). The van der Waals surface area contributed by atoms with Gasteiger partial charge in [-0.25, -0.2) is 0 Å². The zero-order chi connectivity index (χ0) is 17.2. The number of nitrogens with one attached hydrogen (secondary N) is 1. The van der Waals surface area contributed by atoms with Crippen molar-refractivity contribution in [3.8, 4) is 5.69 Å². The Labute approximate surface area is 147 Å². The van der Waals surface area contributed by atoms with Gasteiger partial charge in [-0.1, -0.05) is 24.3 Å². The summed E-state index contributed by atoms with van der Waals surface area (Å²) < 4.78 is 1.44. The van der Waals surface area contributed by atoms with E-state index in [2.05, 4.69) is 36.3 Å². The lowest BCUT2D eigenvalue weighted by molar-refractivity contribution is -0.910.